The molecule has 1 atom stereocenters. The lowest BCUT2D eigenvalue weighted by atomic mass is 9.73. The molecule has 1 aliphatic rings. The predicted octanol–water partition coefficient (Wildman–Crippen LogP) is 2.06. The van der Waals surface area contributed by atoms with Crippen LogP contribution in [-0.2, 0) is 9.59 Å². The molecular formula is C11H14O2. The third kappa shape index (κ3) is 1.77. The third-order valence-electron chi connectivity index (χ3n) is 2.53. The molecule has 0 spiro atoms. The zero-order valence-electron chi connectivity index (χ0n) is 8.09. The Morgan fingerprint density at radius 1 is 1.62 bits per heavy atom. The summed E-state index contributed by atoms with van der Waals surface area (Å²) in [4.78, 5) is 23.0. The molecule has 0 saturated carbocycles. The normalized spacial score (nSPS) is 28.6. The molecule has 2 nitrogen and oxygen atoms in total. The summed E-state index contributed by atoms with van der Waals surface area (Å²) in [6, 6.07) is 0. The van der Waals surface area contributed by atoms with E-state index in [0.29, 0.717) is 18.4 Å². The van der Waals surface area contributed by atoms with E-state index < -0.39 is 5.41 Å². The third-order valence-corrected chi connectivity index (χ3v) is 2.53. The van der Waals surface area contributed by atoms with Gasteiger partial charge >= 0.3 is 0 Å². The van der Waals surface area contributed by atoms with Crippen molar-refractivity contribution in [3.63, 3.8) is 0 Å². The zero-order chi connectivity index (χ0) is 10.1. The maximum atomic E-state index is 11.6. The Labute approximate surface area is 78.3 Å². The number of hydrogen-bond donors (Lipinski definition) is 0. The van der Waals surface area contributed by atoms with Gasteiger partial charge in [-0.2, -0.15) is 0 Å². The Morgan fingerprint density at radius 2 is 2.23 bits per heavy atom. The van der Waals surface area contributed by atoms with Gasteiger partial charge in [-0.25, -0.2) is 0 Å². The van der Waals surface area contributed by atoms with E-state index in [1.54, 1.807) is 13.0 Å². The number of carbonyl (C=O) groups excluding carboxylic acids is 2. The van der Waals surface area contributed by atoms with E-state index in [-0.39, 0.29) is 11.6 Å². The minimum absolute atomic E-state index is 0.0458. The standard InChI is InChI=1S/C11H14O2/c1-4-5-11(3)7-9(12)8(2)6-10(11)13/h4,6H,1,5,7H2,2-3H3. The first kappa shape index (κ1) is 9.90. The lowest BCUT2D eigenvalue weighted by Gasteiger charge is -2.28. The summed E-state index contributed by atoms with van der Waals surface area (Å²) < 4.78 is 0. The molecule has 0 aliphatic heterocycles. The second-order valence-corrected chi connectivity index (χ2v) is 3.85. The summed E-state index contributed by atoms with van der Waals surface area (Å²) in [5, 5.41) is 0. The molecule has 1 unspecified atom stereocenters. The van der Waals surface area contributed by atoms with Gasteiger partial charge in [0.05, 0.1) is 0 Å². The minimum atomic E-state index is -0.543. The number of hydrogen-bond acceptors (Lipinski definition) is 2. The molecule has 0 heterocycles. The fourth-order valence-electron chi connectivity index (χ4n) is 1.52. The largest absolute Gasteiger partial charge is 0.295 e. The second-order valence-electron chi connectivity index (χ2n) is 3.85. The average Bonchev–Trinajstić information content (AvgIpc) is 2.02. The summed E-state index contributed by atoms with van der Waals surface area (Å²) in [5.74, 6) is 0.119. The van der Waals surface area contributed by atoms with Crippen LogP contribution in [0, 0.1) is 5.41 Å². The van der Waals surface area contributed by atoms with E-state index in [1.165, 1.54) is 6.08 Å². The van der Waals surface area contributed by atoms with Crippen LogP contribution in [-0.4, -0.2) is 11.6 Å². The van der Waals surface area contributed by atoms with Crippen LogP contribution in [0.15, 0.2) is 24.3 Å². The van der Waals surface area contributed by atoms with Crippen molar-refractivity contribution in [3.05, 3.63) is 24.3 Å². The average molecular weight is 178 g/mol. The van der Waals surface area contributed by atoms with E-state index in [1.807, 2.05) is 6.92 Å². The van der Waals surface area contributed by atoms with E-state index in [0.717, 1.165) is 0 Å². The molecule has 2 heteroatoms. The minimum Gasteiger partial charge on any atom is -0.295 e. The smallest absolute Gasteiger partial charge is 0.162 e. The van der Waals surface area contributed by atoms with E-state index in [9.17, 15) is 9.59 Å². The molecule has 0 fully saturated rings. The Kier molecular flexibility index (Phi) is 2.50. The van der Waals surface area contributed by atoms with Gasteiger partial charge in [0.15, 0.2) is 11.6 Å². The van der Waals surface area contributed by atoms with Crippen molar-refractivity contribution in [2.45, 2.75) is 26.7 Å². The van der Waals surface area contributed by atoms with Gasteiger partial charge in [0, 0.05) is 11.8 Å². The van der Waals surface area contributed by atoms with E-state index in [2.05, 4.69) is 6.58 Å². The lowest BCUT2D eigenvalue weighted by molar-refractivity contribution is -0.130. The summed E-state index contributed by atoms with van der Waals surface area (Å²) in [6.07, 6.45) is 4.04. The highest BCUT2D eigenvalue weighted by molar-refractivity contribution is 6.10. The highest BCUT2D eigenvalue weighted by atomic mass is 16.1. The van der Waals surface area contributed by atoms with Gasteiger partial charge in [0.25, 0.3) is 0 Å². The molecule has 1 aliphatic carbocycles. The molecule has 1 rings (SSSR count). The fourth-order valence-corrected chi connectivity index (χ4v) is 1.52. The van der Waals surface area contributed by atoms with Gasteiger partial charge in [-0.3, -0.25) is 9.59 Å². The van der Waals surface area contributed by atoms with E-state index in [4.69, 9.17) is 0 Å². The van der Waals surface area contributed by atoms with Gasteiger partial charge in [0.1, 0.15) is 0 Å². The summed E-state index contributed by atoms with van der Waals surface area (Å²) >= 11 is 0. The Morgan fingerprint density at radius 3 is 2.77 bits per heavy atom. The fraction of sp³-hybridized carbons (Fsp3) is 0.455. The van der Waals surface area contributed by atoms with Crippen LogP contribution in [0.3, 0.4) is 0 Å². The van der Waals surface area contributed by atoms with Crippen LogP contribution in [0.2, 0.25) is 0 Å². The van der Waals surface area contributed by atoms with Crippen molar-refractivity contribution in [3.8, 4) is 0 Å². The first-order valence-electron chi connectivity index (χ1n) is 4.36. The van der Waals surface area contributed by atoms with Gasteiger partial charge in [-0.15, -0.1) is 6.58 Å². The van der Waals surface area contributed by atoms with Gasteiger partial charge in [-0.1, -0.05) is 13.0 Å². The van der Waals surface area contributed by atoms with Gasteiger partial charge < -0.3 is 0 Å². The number of ketones is 2. The highest BCUT2D eigenvalue weighted by Gasteiger charge is 2.36. The van der Waals surface area contributed by atoms with Crippen molar-refractivity contribution in [1.29, 1.82) is 0 Å². The van der Waals surface area contributed by atoms with Crippen molar-refractivity contribution in [2.75, 3.05) is 0 Å². The molecule has 0 aromatic carbocycles. The first-order chi connectivity index (χ1) is 5.99. The van der Waals surface area contributed by atoms with Crippen LogP contribution in [0.1, 0.15) is 26.7 Å². The molecule has 0 radical (unpaired) electrons. The molecule has 13 heavy (non-hydrogen) atoms. The number of carbonyl (C=O) groups is 2. The van der Waals surface area contributed by atoms with Crippen molar-refractivity contribution in [2.24, 2.45) is 5.41 Å². The maximum Gasteiger partial charge on any atom is 0.162 e. The number of allylic oxidation sites excluding steroid dienone is 3. The van der Waals surface area contributed by atoms with Crippen molar-refractivity contribution in [1.82, 2.24) is 0 Å². The number of rotatable bonds is 2. The summed E-state index contributed by atoms with van der Waals surface area (Å²) in [7, 11) is 0. The zero-order valence-corrected chi connectivity index (χ0v) is 8.09. The van der Waals surface area contributed by atoms with Gasteiger partial charge in [0.2, 0.25) is 0 Å². The molecular weight excluding hydrogens is 164 g/mol. The predicted molar refractivity (Wildman–Crippen MR) is 51.3 cm³/mol. The van der Waals surface area contributed by atoms with Gasteiger partial charge in [-0.05, 0) is 25.0 Å². The van der Waals surface area contributed by atoms with Crippen LogP contribution < -0.4 is 0 Å². The molecule has 0 aromatic heterocycles. The van der Waals surface area contributed by atoms with Crippen molar-refractivity contribution < 1.29 is 9.59 Å². The Hall–Kier alpha value is -1.18. The van der Waals surface area contributed by atoms with Crippen LogP contribution >= 0.6 is 0 Å². The molecule has 0 amide bonds. The highest BCUT2D eigenvalue weighted by Crippen LogP contribution is 2.33. The van der Waals surface area contributed by atoms with Crippen molar-refractivity contribution >= 4 is 11.6 Å². The van der Waals surface area contributed by atoms with E-state index >= 15 is 0 Å². The lowest BCUT2D eigenvalue weighted by Crippen LogP contribution is -2.33. The van der Waals surface area contributed by atoms with Crippen LogP contribution in [0.4, 0.5) is 0 Å². The molecule has 0 bridgehead atoms. The van der Waals surface area contributed by atoms with Crippen LogP contribution in [0.25, 0.3) is 0 Å². The summed E-state index contributed by atoms with van der Waals surface area (Å²) in [6.45, 7) is 7.10. The molecule has 0 aromatic rings. The summed E-state index contributed by atoms with van der Waals surface area (Å²) in [5.41, 5.74) is 0.0322. The SMILES string of the molecule is C=CCC1(C)CC(=O)C(C)=CC1=O. The molecule has 0 N–H and O–H groups in total. The Balaban J connectivity index is 2.99. The molecule has 70 valence electrons. The quantitative estimate of drug-likeness (QED) is 0.606. The topological polar surface area (TPSA) is 34.1 Å². The maximum absolute atomic E-state index is 11.6. The second kappa shape index (κ2) is 3.29. The molecule has 0 saturated heterocycles. The van der Waals surface area contributed by atoms with Crippen LogP contribution in [0.5, 0.6) is 0 Å². The monoisotopic (exact) mass is 178 g/mol. The Bertz CT molecular complexity index is 299. The number of Topliss-reactive ketones (excluding diaryl/α,β-unsaturated/α-hetero) is 1. The first-order valence-corrected chi connectivity index (χ1v) is 4.36.